The summed E-state index contributed by atoms with van der Waals surface area (Å²) in [4.78, 5) is 43.7. The Morgan fingerprint density at radius 3 is 2.56 bits per heavy atom. The largest absolute Gasteiger partial charge is 0.478 e. The van der Waals surface area contributed by atoms with Crippen molar-refractivity contribution in [2.45, 2.75) is 25.9 Å². The molecule has 1 aromatic heterocycles. The molecule has 2 heterocycles. The summed E-state index contributed by atoms with van der Waals surface area (Å²) in [5.41, 5.74) is 2.87. The fraction of sp³-hybridized carbons (Fsp3) is 0.385. The van der Waals surface area contributed by atoms with Gasteiger partial charge in [0.2, 0.25) is 5.95 Å². The van der Waals surface area contributed by atoms with Gasteiger partial charge in [0.25, 0.3) is 5.56 Å². The number of aryl methyl sites for hydroxylation is 1. The summed E-state index contributed by atoms with van der Waals surface area (Å²) < 4.78 is 6.29. The van der Waals surface area contributed by atoms with Gasteiger partial charge in [-0.1, -0.05) is 18.2 Å². The number of aromatic carboxylic acids is 1. The number of fused-ring (bicyclic) bond motifs is 2. The molecule has 36 heavy (non-hydrogen) atoms. The van der Waals surface area contributed by atoms with Gasteiger partial charge in [0.05, 0.1) is 29.6 Å². The lowest BCUT2D eigenvalue weighted by Crippen LogP contribution is -2.37. The van der Waals surface area contributed by atoms with Crippen LogP contribution in [0.25, 0.3) is 10.9 Å². The zero-order chi connectivity index (χ0) is 25.7. The number of nitrogens with zero attached hydrogens (tertiary/aromatic N) is 3. The minimum absolute atomic E-state index is 0.0860. The summed E-state index contributed by atoms with van der Waals surface area (Å²) in [6.45, 7) is 5.23. The highest BCUT2D eigenvalue weighted by Gasteiger charge is 2.57. The van der Waals surface area contributed by atoms with Crippen molar-refractivity contribution < 1.29 is 19.4 Å². The highest BCUT2D eigenvalue weighted by Crippen LogP contribution is 2.46. The average molecular weight is 492 g/mol. The number of para-hydroxylation sites is 1. The molecule has 1 unspecified atom stereocenters. The summed E-state index contributed by atoms with van der Waals surface area (Å²) >= 11 is 0. The number of carbonyl (C=O) groups excluding carboxylic acids is 1. The second kappa shape index (κ2) is 8.85. The molecule has 3 N–H and O–H groups in total. The SMILES string of the molecule is COC(=O)N[C@@H]1[C@@H]2CN(c3nc4c(C(C)Nc5ccccc5C(=O)O)cc(C)cc4c(=O)n3C)C[C@@H]21. The van der Waals surface area contributed by atoms with Gasteiger partial charge in [0.1, 0.15) is 0 Å². The number of rotatable bonds is 6. The molecule has 0 radical (unpaired) electrons. The number of aromatic nitrogens is 2. The topological polar surface area (TPSA) is 126 Å². The fourth-order valence-corrected chi connectivity index (χ4v) is 5.36. The van der Waals surface area contributed by atoms with Gasteiger partial charge in [0.15, 0.2) is 0 Å². The second-order valence-electron chi connectivity index (χ2n) is 9.64. The number of ether oxygens (including phenoxy) is 1. The van der Waals surface area contributed by atoms with Gasteiger partial charge >= 0.3 is 12.1 Å². The first-order valence-electron chi connectivity index (χ1n) is 11.9. The molecule has 1 saturated carbocycles. The summed E-state index contributed by atoms with van der Waals surface area (Å²) in [6.07, 6.45) is -0.428. The molecule has 10 heteroatoms. The van der Waals surface area contributed by atoms with Gasteiger partial charge < -0.3 is 25.4 Å². The maximum atomic E-state index is 13.4. The first-order chi connectivity index (χ1) is 17.2. The van der Waals surface area contributed by atoms with Crippen LogP contribution in [0.5, 0.6) is 0 Å². The smallest absolute Gasteiger partial charge is 0.407 e. The molecule has 188 valence electrons. The summed E-state index contributed by atoms with van der Waals surface area (Å²) in [5, 5.41) is 16.3. The van der Waals surface area contributed by atoms with E-state index in [4.69, 9.17) is 9.72 Å². The van der Waals surface area contributed by atoms with Crippen molar-refractivity contribution in [3.63, 3.8) is 0 Å². The highest BCUT2D eigenvalue weighted by molar-refractivity contribution is 5.94. The third kappa shape index (κ3) is 4.02. The van der Waals surface area contributed by atoms with Crippen molar-refractivity contribution >= 4 is 34.6 Å². The molecule has 1 amide bonds. The van der Waals surface area contributed by atoms with E-state index in [1.54, 1.807) is 35.9 Å². The van der Waals surface area contributed by atoms with E-state index in [0.717, 1.165) is 11.1 Å². The number of carboxylic acids is 1. The first-order valence-corrected chi connectivity index (χ1v) is 11.9. The fourth-order valence-electron chi connectivity index (χ4n) is 5.36. The number of anilines is 2. The molecule has 2 aromatic carbocycles. The van der Waals surface area contributed by atoms with Crippen molar-refractivity contribution in [3.05, 3.63) is 63.4 Å². The number of carbonyl (C=O) groups is 2. The normalized spacial score (nSPS) is 21.1. The van der Waals surface area contributed by atoms with Crippen LogP contribution in [0, 0.1) is 18.8 Å². The van der Waals surface area contributed by atoms with Crippen LogP contribution in [0.3, 0.4) is 0 Å². The number of nitrogens with one attached hydrogen (secondary N) is 2. The summed E-state index contributed by atoms with van der Waals surface area (Å²) in [6, 6.07) is 10.4. The Morgan fingerprint density at radius 2 is 1.89 bits per heavy atom. The number of benzene rings is 2. The van der Waals surface area contributed by atoms with E-state index in [1.165, 1.54) is 7.11 Å². The van der Waals surface area contributed by atoms with Gasteiger partial charge in [-0.15, -0.1) is 0 Å². The summed E-state index contributed by atoms with van der Waals surface area (Å²) in [5.74, 6) is 0.158. The van der Waals surface area contributed by atoms with E-state index in [-0.39, 0.29) is 23.2 Å². The Morgan fingerprint density at radius 1 is 1.19 bits per heavy atom. The van der Waals surface area contributed by atoms with Gasteiger partial charge in [-0.25, -0.2) is 14.6 Å². The Balaban J connectivity index is 1.49. The number of alkyl carbamates (subject to hydrolysis) is 1. The Labute approximate surface area is 207 Å². The van der Waals surface area contributed by atoms with Crippen molar-refractivity contribution in [3.8, 4) is 0 Å². The standard InChI is InChI=1S/C26H29N5O5/c1-13-9-16(14(2)27-20-8-6-5-7-15(20)24(33)34)21-17(10-13)23(32)30(3)25(28-21)31-11-18-19(12-31)22(18)29-26(35)36-4/h5-10,14,18-19,22,27H,11-12H2,1-4H3,(H,29,35)(H,33,34)/t14?,18-,19+,22-. The Hall–Kier alpha value is -4.08. The van der Waals surface area contributed by atoms with Crippen LogP contribution in [0.1, 0.15) is 34.5 Å². The van der Waals surface area contributed by atoms with E-state index >= 15 is 0 Å². The Bertz CT molecular complexity index is 1420. The maximum absolute atomic E-state index is 13.4. The maximum Gasteiger partial charge on any atom is 0.407 e. The van der Waals surface area contributed by atoms with Gasteiger partial charge in [-0.05, 0) is 37.6 Å². The molecule has 10 nitrogen and oxygen atoms in total. The molecule has 2 aliphatic rings. The third-order valence-electron chi connectivity index (χ3n) is 7.27. The molecular weight excluding hydrogens is 462 g/mol. The van der Waals surface area contributed by atoms with E-state index in [9.17, 15) is 19.5 Å². The molecule has 4 atom stereocenters. The van der Waals surface area contributed by atoms with Crippen LogP contribution in [-0.4, -0.2) is 53.0 Å². The minimum atomic E-state index is -1.01. The van der Waals surface area contributed by atoms with Crippen molar-refractivity contribution in [1.29, 1.82) is 0 Å². The predicted molar refractivity (Wildman–Crippen MR) is 136 cm³/mol. The summed E-state index contributed by atoms with van der Waals surface area (Å²) in [7, 11) is 3.08. The second-order valence-corrected chi connectivity index (χ2v) is 9.64. The van der Waals surface area contributed by atoms with Gasteiger partial charge in [0, 0.05) is 49.3 Å². The lowest BCUT2D eigenvalue weighted by Gasteiger charge is -2.25. The minimum Gasteiger partial charge on any atom is -0.478 e. The molecule has 1 aliphatic carbocycles. The van der Waals surface area contributed by atoms with Gasteiger partial charge in [-0.3, -0.25) is 9.36 Å². The molecule has 0 spiro atoms. The van der Waals surface area contributed by atoms with E-state index in [2.05, 4.69) is 15.5 Å². The quantitative estimate of drug-likeness (QED) is 0.481. The lowest BCUT2D eigenvalue weighted by molar-refractivity contribution is 0.0698. The average Bonchev–Trinajstić information content (AvgIpc) is 3.28. The third-order valence-corrected chi connectivity index (χ3v) is 7.27. The predicted octanol–water partition coefficient (Wildman–Crippen LogP) is 2.90. The first kappa shape index (κ1) is 23.7. The lowest BCUT2D eigenvalue weighted by atomic mass is 10.0. The molecule has 0 bridgehead atoms. The van der Waals surface area contributed by atoms with Crippen LogP contribution in [-0.2, 0) is 11.8 Å². The van der Waals surface area contributed by atoms with Crippen LogP contribution in [0.4, 0.5) is 16.4 Å². The van der Waals surface area contributed by atoms with Crippen molar-refractivity contribution in [2.24, 2.45) is 18.9 Å². The number of hydrogen-bond acceptors (Lipinski definition) is 7. The van der Waals surface area contributed by atoms with Crippen LogP contribution in [0.15, 0.2) is 41.2 Å². The zero-order valence-corrected chi connectivity index (χ0v) is 20.6. The number of piperidine rings is 1. The van der Waals surface area contributed by atoms with Crippen LogP contribution < -0.4 is 21.1 Å². The zero-order valence-electron chi connectivity index (χ0n) is 20.6. The number of hydrogen-bond donors (Lipinski definition) is 3. The van der Waals surface area contributed by atoms with Crippen LogP contribution >= 0.6 is 0 Å². The molecular formula is C26H29N5O5. The molecule has 3 aromatic rings. The van der Waals surface area contributed by atoms with Crippen molar-refractivity contribution in [2.75, 3.05) is 30.4 Å². The number of amides is 1. The molecule has 2 fully saturated rings. The van der Waals surface area contributed by atoms with Gasteiger partial charge in [-0.2, -0.15) is 0 Å². The highest BCUT2D eigenvalue weighted by atomic mass is 16.5. The monoisotopic (exact) mass is 491 g/mol. The van der Waals surface area contributed by atoms with E-state index in [0.29, 0.717) is 47.5 Å². The molecule has 5 rings (SSSR count). The van der Waals surface area contributed by atoms with Crippen molar-refractivity contribution in [1.82, 2.24) is 14.9 Å². The Kier molecular flexibility index (Phi) is 5.82. The van der Waals surface area contributed by atoms with E-state index < -0.39 is 12.1 Å². The number of carboxylic acid groups (broad SMARTS) is 1. The van der Waals surface area contributed by atoms with Crippen LogP contribution in [0.2, 0.25) is 0 Å². The molecule has 1 aliphatic heterocycles. The number of methoxy groups -OCH3 is 1. The molecule has 1 saturated heterocycles. The van der Waals surface area contributed by atoms with E-state index in [1.807, 2.05) is 26.0 Å².